The van der Waals surface area contributed by atoms with Gasteiger partial charge in [-0.15, -0.1) is 0 Å². The van der Waals surface area contributed by atoms with Crippen LogP contribution in [0.5, 0.6) is 0 Å². The molecule has 0 aromatic carbocycles. The quantitative estimate of drug-likeness (QED) is 0.0262. The van der Waals surface area contributed by atoms with Crippen molar-refractivity contribution in [1.82, 2.24) is 5.32 Å². The Hall–Kier alpha value is -2.11. The lowest BCUT2D eigenvalue weighted by atomic mass is 9.99. The molecule has 372 valence electrons. The number of hydrogen-bond donors (Lipinski definition) is 6. The van der Waals surface area contributed by atoms with Crippen LogP contribution >= 0.6 is 0 Å². The molecule has 9 nitrogen and oxygen atoms in total. The molecule has 1 heterocycles. The lowest BCUT2D eigenvalue weighted by Crippen LogP contribution is -2.60. The molecule has 9 heteroatoms. The summed E-state index contributed by atoms with van der Waals surface area (Å²) in [6, 6.07) is -0.815. The van der Waals surface area contributed by atoms with E-state index in [4.69, 9.17) is 9.47 Å². The molecule has 0 aliphatic carbocycles. The maximum Gasteiger partial charge on any atom is 0.220 e. The van der Waals surface area contributed by atoms with E-state index in [1.54, 1.807) is 6.08 Å². The van der Waals surface area contributed by atoms with E-state index in [2.05, 4.69) is 67.8 Å². The van der Waals surface area contributed by atoms with Crippen molar-refractivity contribution in [3.63, 3.8) is 0 Å². The molecular formula is C55H99NO8. The minimum absolute atomic E-state index is 0.191. The Balaban J connectivity index is 2.29. The summed E-state index contributed by atoms with van der Waals surface area (Å²) in [6.45, 7) is 3.67. The van der Waals surface area contributed by atoms with E-state index in [0.29, 0.717) is 6.42 Å². The first kappa shape index (κ1) is 59.9. The Labute approximate surface area is 392 Å². The number of allylic oxidation sites excluding steroid dienone is 9. The zero-order chi connectivity index (χ0) is 46.6. The van der Waals surface area contributed by atoms with Crippen molar-refractivity contribution in [3.8, 4) is 0 Å². The highest BCUT2D eigenvalue weighted by Crippen LogP contribution is 2.23. The second-order valence-electron chi connectivity index (χ2n) is 18.3. The number of carbonyl (C=O) groups excluding carboxylic acids is 1. The molecule has 0 aromatic rings. The van der Waals surface area contributed by atoms with E-state index in [0.717, 1.165) is 83.5 Å². The Kier molecular flexibility index (Phi) is 41.9. The standard InChI is InChI=1S/C55H99NO8/c1-3-5-7-9-11-13-15-17-19-21-23-24-25-27-28-30-32-34-36-38-40-42-44-49(58)48(47-63-55-54(62)53(61)52(60)50(46-57)64-55)56-51(59)45-43-41-39-37-35-33-31-29-26-22-20-18-16-14-12-10-8-6-4-2/h6,8,12,14,18,20,26,29,42,44,48-50,52-55,57-58,60-62H,3-5,7,9-11,13,15-17,19,21-25,27-28,30-41,43,45-47H2,1-2H3,(H,56,59)/b8-6-,14-12-,20-18-,29-26-,44-42+. The molecule has 1 rings (SSSR count). The third-order valence-corrected chi connectivity index (χ3v) is 12.3. The summed E-state index contributed by atoms with van der Waals surface area (Å²) in [6.07, 6.45) is 52.7. The number of unbranched alkanes of at least 4 members (excludes halogenated alkanes) is 26. The first-order valence-electron chi connectivity index (χ1n) is 26.5. The number of ether oxygens (including phenoxy) is 2. The van der Waals surface area contributed by atoms with Gasteiger partial charge in [-0.1, -0.05) is 222 Å². The smallest absolute Gasteiger partial charge is 0.220 e. The van der Waals surface area contributed by atoms with Gasteiger partial charge in [0.2, 0.25) is 5.91 Å². The van der Waals surface area contributed by atoms with Crippen molar-refractivity contribution < 1.29 is 39.8 Å². The van der Waals surface area contributed by atoms with Crippen molar-refractivity contribution in [3.05, 3.63) is 60.8 Å². The van der Waals surface area contributed by atoms with Crippen LogP contribution in [0.3, 0.4) is 0 Å². The van der Waals surface area contributed by atoms with Gasteiger partial charge < -0.3 is 40.3 Å². The van der Waals surface area contributed by atoms with Crippen LogP contribution < -0.4 is 5.32 Å². The van der Waals surface area contributed by atoms with Gasteiger partial charge in [-0.2, -0.15) is 0 Å². The summed E-state index contributed by atoms with van der Waals surface area (Å²) >= 11 is 0. The van der Waals surface area contributed by atoms with Gasteiger partial charge in [0.05, 0.1) is 25.4 Å². The molecule has 1 fully saturated rings. The molecule has 0 radical (unpaired) electrons. The number of rotatable bonds is 44. The van der Waals surface area contributed by atoms with E-state index >= 15 is 0 Å². The summed E-state index contributed by atoms with van der Waals surface area (Å²) in [7, 11) is 0. The van der Waals surface area contributed by atoms with Gasteiger partial charge in [0, 0.05) is 6.42 Å². The second-order valence-corrected chi connectivity index (χ2v) is 18.3. The Morgan fingerprint density at radius 2 is 0.969 bits per heavy atom. The second kappa shape index (κ2) is 44.7. The third kappa shape index (κ3) is 34.2. The highest BCUT2D eigenvalue weighted by molar-refractivity contribution is 5.76. The van der Waals surface area contributed by atoms with Crippen molar-refractivity contribution in [1.29, 1.82) is 0 Å². The monoisotopic (exact) mass is 902 g/mol. The van der Waals surface area contributed by atoms with Crippen molar-refractivity contribution >= 4 is 5.91 Å². The van der Waals surface area contributed by atoms with Gasteiger partial charge in [-0.05, 0) is 57.8 Å². The molecular weight excluding hydrogens is 803 g/mol. The summed E-state index contributed by atoms with van der Waals surface area (Å²) in [5.41, 5.74) is 0. The zero-order valence-electron chi connectivity index (χ0n) is 41.0. The lowest BCUT2D eigenvalue weighted by molar-refractivity contribution is -0.302. The summed E-state index contributed by atoms with van der Waals surface area (Å²) < 4.78 is 11.2. The molecule has 1 amide bonds. The number of hydrogen-bond acceptors (Lipinski definition) is 8. The van der Waals surface area contributed by atoms with E-state index in [1.165, 1.54) is 122 Å². The van der Waals surface area contributed by atoms with Crippen molar-refractivity contribution in [2.24, 2.45) is 0 Å². The summed E-state index contributed by atoms with van der Waals surface area (Å²) in [4.78, 5) is 13.0. The molecule has 1 aliphatic heterocycles. The van der Waals surface area contributed by atoms with Gasteiger partial charge in [0.25, 0.3) is 0 Å². The van der Waals surface area contributed by atoms with Crippen LogP contribution in [0.2, 0.25) is 0 Å². The fourth-order valence-electron chi connectivity index (χ4n) is 8.15. The molecule has 64 heavy (non-hydrogen) atoms. The van der Waals surface area contributed by atoms with Crippen molar-refractivity contribution in [2.45, 2.75) is 269 Å². The zero-order valence-corrected chi connectivity index (χ0v) is 41.0. The first-order chi connectivity index (χ1) is 31.3. The topological polar surface area (TPSA) is 149 Å². The highest BCUT2D eigenvalue weighted by atomic mass is 16.7. The van der Waals surface area contributed by atoms with Crippen LogP contribution in [-0.4, -0.2) is 87.5 Å². The predicted octanol–water partition coefficient (Wildman–Crippen LogP) is 12.3. The third-order valence-electron chi connectivity index (χ3n) is 12.3. The lowest BCUT2D eigenvalue weighted by Gasteiger charge is -2.40. The fraction of sp³-hybridized carbons (Fsp3) is 0.800. The number of aliphatic hydroxyl groups excluding tert-OH is 5. The molecule has 7 unspecified atom stereocenters. The van der Waals surface area contributed by atoms with E-state index in [9.17, 15) is 30.3 Å². The summed E-state index contributed by atoms with van der Waals surface area (Å²) in [5, 5.41) is 54.4. The van der Waals surface area contributed by atoms with Crippen LogP contribution in [-0.2, 0) is 14.3 Å². The Morgan fingerprint density at radius 1 is 0.547 bits per heavy atom. The maximum absolute atomic E-state index is 13.0. The van der Waals surface area contributed by atoms with Crippen LogP contribution in [0.1, 0.15) is 226 Å². The van der Waals surface area contributed by atoms with E-state index < -0.39 is 49.5 Å². The summed E-state index contributed by atoms with van der Waals surface area (Å²) in [5.74, 6) is -0.191. The van der Waals surface area contributed by atoms with Crippen LogP contribution in [0, 0.1) is 0 Å². The van der Waals surface area contributed by atoms with Gasteiger partial charge >= 0.3 is 0 Å². The molecule has 1 saturated heterocycles. The highest BCUT2D eigenvalue weighted by Gasteiger charge is 2.44. The van der Waals surface area contributed by atoms with Gasteiger partial charge in [0.15, 0.2) is 6.29 Å². The Bertz CT molecular complexity index is 1180. The van der Waals surface area contributed by atoms with Crippen LogP contribution in [0.4, 0.5) is 0 Å². The molecule has 0 bridgehead atoms. The molecule has 6 N–H and O–H groups in total. The molecule has 0 aromatic heterocycles. The average Bonchev–Trinajstić information content (AvgIpc) is 3.29. The maximum atomic E-state index is 13.0. The molecule has 1 aliphatic rings. The number of aliphatic hydroxyl groups is 5. The first-order valence-corrected chi connectivity index (χ1v) is 26.5. The Morgan fingerprint density at radius 3 is 1.44 bits per heavy atom. The predicted molar refractivity (Wildman–Crippen MR) is 267 cm³/mol. The van der Waals surface area contributed by atoms with Crippen LogP contribution in [0.15, 0.2) is 60.8 Å². The minimum atomic E-state index is -1.57. The molecule has 0 spiro atoms. The number of nitrogens with one attached hydrogen (secondary N) is 1. The minimum Gasteiger partial charge on any atom is -0.394 e. The van der Waals surface area contributed by atoms with Gasteiger partial charge in [0.1, 0.15) is 24.4 Å². The average molecular weight is 902 g/mol. The van der Waals surface area contributed by atoms with E-state index in [-0.39, 0.29) is 12.5 Å². The fourth-order valence-corrected chi connectivity index (χ4v) is 8.15. The number of carbonyl (C=O) groups is 1. The molecule has 0 saturated carbocycles. The van der Waals surface area contributed by atoms with Gasteiger partial charge in [-0.25, -0.2) is 0 Å². The van der Waals surface area contributed by atoms with E-state index in [1.807, 2.05) is 6.08 Å². The van der Waals surface area contributed by atoms with Crippen LogP contribution in [0.25, 0.3) is 0 Å². The largest absolute Gasteiger partial charge is 0.394 e. The number of amides is 1. The van der Waals surface area contributed by atoms with Crippen molar-refractivity contribution in [2.75, 3.05) is 13.2 Å². The molecule has 7 atom stereocenters. The SMILES string of the molecule is CC/C=C\C/C=C\C/C=C\C/C=C\CCCCCCCCC(=O)NC(COC1OC(CO)C(O)C(O)C1O)C(O)/C=C/CCCCCCCCCCCCCCCCCCCCCC. The normalized spacial score (nSPS) is 20.5. The van der Waals surface area contributed by atoms with Gasteiger partial charge in [-0.3, -0.25) is 4.79 Å².